The Hall–Kier alpha value is -2.59. The van der Waals surface area contributed by atoms with Crippen molar-refractivity contribution in [2.75, 3.05) is 5.32 Å². The van der Waals surface area contributed by atoms with Crippen molar-refractivity contribution in [3.63, 3.8) is 0 Å². The van der Waals surface area contributed by atoms with Crippen molar-refractivity contribution in [2.45, 2.75) is 13.3 Å². The van der Waals surface area contributed by atoms with Crippen molar-refractivity contribution in [3.8, 4) is 11.3 Å². The zero-order valence-electron chi connectivity index (χ0n) is 12.6. The maximum atomic E-state index is 12.3. The average Bonchev–Trinajstić information content (AvgIpc) is 3.06. The van der Waals surface area contributed by atoms with Crippen molar-refractivity contribution < 1.29 is 4.79 Å². The lowest BCUT2D eigenvalue weighted by molar-refractivity contribution is 0.102. The quantitative estimate of drug-likeness (QED) is 0.739. The second kappa shape index (κ2) is 6.67. The fraction of sp³-hybridized carbons (Fsp3) is 0.111. The van der Waals surface area contributed by atoms with Gasteiger partial charge in [-0.3, -0.25) is 9.89 Å². The van der Waals surface area contributed by atoms with Crippen molar-refractivity contribution in [1.82, 2.24) is 10.2 Å². The molecule has 1 aromatic heterocycles. The van der Waals surface area contributed by atoms with Gasteiger partial charge in [0.15, 0.2) is 0 Å². The van der Waals surface area contributed by atoms with Crippen LogP contribution in [0.15, 0.2) is 54.6 Å². The fourth-order valence-corrected chi connectivity index (χ4v) is 2.50. The molecule has 3 rings (SSSR count). The van der Waals surface area contributed by atoms with Gasteiger partial charge < -0.3 is 5.32 Å². The molecule has 23 heavy (non-hydrogen) atoms. The van der Waals surface area contributed by atoms with Gasteiger partial charge in [0.25, 0.3) is 5.91 Å². The lowest BCUT2D eigenvalue weighted by Crippen LogP contribution is -2.12. The summed E-state index contributed by atoms with van der Waals surface area (Å²) in [6.07, 6.45) is 0.968. The third kappa shape index (κ3) is 3.43. The van der Waals surface area contributed by atoms with Crippen LogP contribution in [0.3, 0.4) is 0 Å². The topological polar surface area (TPSA) is 57.8 Å². The molecule has 5 heteroatoms. The number of amides is 1. The van der Waals surface area contributed by atoms with Gasteiger partial charge in [-0.1, -0.05) is 48.9 Å². The molecule has 0 aliphatic heterocycles. The number of hydrogen-bond acceptors (Lipinski definition) is 2. The highest BCUT2D eigenvalue weighted by molar-refractivity contribution is 6.33. The third-order valence-corrected chi connectivity index (χ3v) is 3.92. The molecule has 0 atom stereocenters. The van der Waals surface area contributed by atoms with Crippen LogP contribution < -0.4 is 5.32 Å². The number of nitrogens with one attached hydrogen (secondary N) is 2. The number of H-pyrrole nitrogens is 1. The summed E-state index contributed by atoms with van der Waals surface area (Å²) in [6, 6.07) is 16.9. The van der Waals surface area contributed by atoms with E-state index < -0.39 is 0 Å². The largest absolute Gasteiger partial charge is 0.321 e. The average molecular weight is 326 g/mol. The summed E-state index contributed by atoms with van der Waals surface area (Å²) < 4.78 is 0. The Labute approximate surface area is 139 Å². The number of halogens is 1. The first kappa shape index (κ1) is 15.3. The van der Waals surface area contributed by atoms with Crippen LogP contribution in [-0.2, 0) is 6.42 Å². The van der Waals surface area contributed by atoms with Gasteiger partial charge in [0.2, 0.25) is 0 Å². The molecule has 1 heterocycles. The molecular formula is C18H16ClN3O. The second-order valence-electron chi connectivity index (χ2n) is 5.15. The smallest absolute Gasteiger partial charge is 0.273 e. The van der Waals surface area contributed by atoms with E-state index in [9.17, 15) is 4.79 Å². The van der Waals surface area contributed by atoms with Crippen molar-refractivity contribution in [2.24, 2.45) is 0 Å². The van der Waals surface area contributed by atoms with Crippen LogP contribution in [-0.4, -0.2) is 16.1 Å². The van der Waals surface area contributed by atoms with Gasteiger partial charge in [0.05, 0.1) is 10.7 Å². The number of hydrogen-bond donors (Lipinski definition) is 2. The maximum Gasteiger partial charge on any atom is 0.273 e. The predicted molar refractivity (Wildman–Crippen MR) is 92.8 cm³/mol. The summed E-state index contributed by atoms with van der Waals surface area (Å²) in [5.41, 5.74) is 3.80. The number of anilines is 1. The molecule has 0 bridgehead atoms. The molecule has 0 aliphatic carbocycles. The summed E-state index contributed by atoms with van der Waals surface area (Å²) >= 11 is 6.15. The Morgan fingerprint density at radius 1 is 1.17 bits per heavy atom. The number of benzene rings is 2. The zero-order chi connectivity index (χ0) is 16.2. The zero-order valence-corrected chi connectivity index (χ0v) is 13.4. The van der Waals surface area contributed by atoms with Crippen LogP contribution in [0.5, 0.6) is 0 Å². The van der Waals surface area contributed by atoms with E-state index in [-0.39, 0.29) is 5.91 Å². The highest BCUT2D eigenvalue weighted by Crippen LogP contribution is 2.26. The molecule has 0 saturated heterocycles. The minimum absolute atomic E-state index is 0.236. The molecule has 0 radical (unpaired) electrons. The Kier molecular flexibility index (Phi) is 4.44. The number of carbonyl (C=O) groups is 1. The van der Waals surface area contributed by atoms with E-state index in [1.165, 1.54) is 5.56 Å². The molecule has 2 aromatic carbocycles. The third-order valence-electron chi connectivity index (χ3n) is 3.59. The predicted octanol–water partition coefficient (Wildman–Crippen LogP) is 4.54. The van der Waals surface area contributed by atoms with Crippen molar-refractivity contribution >= 4 is 23.2 Å². The molecule has 0 unspecified atom stereocenters. The first-order valence-electron chi connectivity index (χ1n) is 7.38. The number of carbonyl (C=O) groups excluding carboxylic acids is 1. The summed E-state index contributed by atoms with van der Waals surface area (Å²) in [5, 5.41) is 10.4. The van der Waals surface area contributed by atoms with Crippen LogP contribution in [0.25, 0.3) is 11.3 Å². The fourth-order valence-electron chi connectivity index (χ4n) is 2.27. The minimum atomic E-state index is -0.236. The van der Waals surface area contributed by atoms with Gasteiger partial charge in [-0.15, -0.1) is 0 Å². The van der Waals surface area contributed by atoms with E-state index >= 15 is 0 Å². The van der Waals surface area contributed by atoms with Crippen molar-refractivity contribution in [3.05, 3.63) is 70.9 Å². The van der Waals surface area contributed by atoms with Crippen LogP contribution in [0, 0.1) is 0 Å². The first-order valence-corrected chi connectivity index (χ1v) is 7.76. The number of rotatable bonds is 4. The van der Waals surface area contributed by atoms with E-state index in [1.54, 1.807) is 12.1 Å². The van der Waals surface area contributed by atoms with Gasteiger partial charge in [0.1, 0.15) is 5.69 Å². The summed E-state index contributed by atoms with van der Waals surface area (Å²) in [4.78, 5) is 12.3. The van der Waals surface area contributed by atoms with E-state index in [0.29, 0.717) is 16.4 Å². The molecule has 0 spiro atoms. The lowest BCUT2D eigenvalue weighted by Gasteiger charge is -2.04. The van der Waals surface area contributed by atoms with Gasteiger partial charge in [0, 0.05) is 11.3 Å². The SMILES string of the molecule is CCc1ccc(NC(=O)c2cc(-c3ccccc3Cl)n[nH]2)cc1. The second-order valence-corrected chi connectivity index (χ2v) is 5.56. The number of aryl methyl sites for hydroxylation is 1. The summed E-state index contributed by atoms with van der Waals surface area (Å²) in [7, 11) is 0. The number of aromatic amines is 1. The standard InChI is InChI=1S/C18H16ClN3O/c1-2-12-7-9-13(10-8-12)20-18(23)17-11-16(21-22-17)14-5-3-4-6-15(14)19/h3-11H,2H2,1H3,(H,20,23)(H,21,22). The van der Waals surface area contributed by atoms with Crippen LogP contribution in [0.4, 0.5) is 5.69 Å². The highest BCUT2D eigenvalue weighted by Gasteiger charge is 2.12. The van der Waals surface area contributed by atoms with Crippen LogP contribution in [0.1, 0.15) is 23.0 Å². The molecule has 0 saturated carbocycles. The van der Waals surface area contributed by atoms with Gasteiger partial charge in [-0.2, -0.15) is 5.10 Å². The monoisotopic (exact) mass is 325 g/mol. The first-order chi connectivity index (χ1) is 11.2. The molecule has 2 N–H and O–H groups in total. The van der Waals surface area contributed by atoms with Crippen LogP contribution in [0.2, 0.25) is 5.02 Å². The van der Waals surface area contributed by atoms with Crippen molar-refractivity contribution in [1.29, 1.82) is 0 Å². The molecular weight excluding hydrogens is 310 g/mol. The normalized spacial score (nSPS) is 10.5. The van der Waals surface area contributed by atoms with E-state index in [2.05, 4.69) is 22.4 Å². The Balaban J connectivity index is 1.77. The molecule has 4 nitrogen and oxygen atoms in total. The summed E-state index contributed by atoms with van der Waals surface area (Å²) in [6.45, 7) is 2.09. The van der Waals surface area contributed by atoms with Gasteiger partial charge in [-0.05, 0) is 36.2 Å². The lowest BCUT2D eigenvalue weighted by atomic mass is 10.1. The highest BCUT2D eigenvalue weighted by atomic mass is 35.5. The number of nitrogens with zero attached hydrogens (tertiary/aromatic N) is 1. The number of aromatic nitrogens is 2. The van der Waals surface area contributed by atoms with E-state index in [1.807, 2.05) is 42.5 Å². The van der Waals surface area contributed by atoms with E-state index in [4.69, 9.17) is 11.6 Å². The molecule has 116 valence electrons. The molecule has 0 fully saturated rings. The molecule has 1 amide bonds. The Morgan fingerprint density at radius 3 is 2.61 bits per heavy atom. The molecule has 0 aliphatic rings. The summed E-state index contributed by atoms with van der Waals surface area (Å²) in [5.74, 6) is -0.236. The van der Waals surface area contributed by atoms with E-state index in [0.717, 1.165) is 17.7 Å². The minimum Gasteiger partial charge on any atom is -0.321 e. The van der Waals surface area contributed by atoms with Gasteiger partial charge >= 0.3 is 0 Å². The Bertz CT molecular complexity index is 824. The van der Waals surface area contributed by atoms with Gasteiger partial charge in [-0.25, -0.2) is 0 Å². The maximum absolute atomic E-state index is 12.3. The Morgan fingerprint density at radius 2 is 1.91 bits per heavy atom. The van der Waals surface area contributed by atoms with Crippen LogP contribution >= 0.6 is 11.6 Å². The molecule has 3 aromatic rings.